The van der Waals surface area contributed by atoms with Gasteiger partial charge >= 0.3 is 5.97 Å². The summed E-state index contributed by atoms with van der Waals surface area (Å²) in [6.07, 6.45) is 7.17. The molecule has 1 rings (SSSR count). The second kappa shape index (κ2) is 8.66. The van der Waals surface area contributed by atoms with Crippen LogP contribution in [0.15, 0.2) is 0 Å². The second-order valence-corrected chi connectivity index (χ2v) is 6.50. The Morgan fingerprint density at radius 1 is 1.30 bits per heavy atom. The Morgan fingerprint density at radius 2 is 2.05 bits per heavy atom. The zero-order valence-electron chi connectivity index (χ0n) is 13.7. The van der Waals surface area contributed by atoms with E-state index in [4.69, 9.17) is 9.47 Å². The number of carbonyl (C=O) groups is 1. The van der Waals surface area contributed by atoms with Gasteiger partial charge in [-0.3, -0.25) is 4.79 Å². The number of carbonyl (C=O) groups excluding carboxylic acids is 1. The maximum absolute atomic E-state index is 12.6. The van der Waals surface area contributed by atoms with Crippen LogP contribution >= 0.6 is 0 Å². The lowest BCUT2D eigenvalue weighted by atomic mass is 9.79. The Hall–Kier alpha value is -0.570. The molecule has 0 spiro atoms. The molecule has 2 unspecified atom stereocenters. The van der Waals surface area contributed by atoms with Gasteiger partial charge in [0.15, 0.2) is 0 Å². The van der Waals surface area contributed by atoms with Crippen LogP contribution in [-0.2, 0) is 14.3 Å². The zero-order valence-corrected chi connectivity index (χ0v) is 13.7. The van der Waals surface area contributed by atoms with E-state index in [0.717, 1.165) is 51.6 Å². The molecular formula is C17H32O3. The minimum atomic E-state index is -0.375. The van der Waals surface area contributed by atoms with Gasteiger partial charge in [-0.2, -0.15) is 0 Å². The van der Waals surface area contributed by atoms with Crippen LogP contribution in [0.3, 0.4) is 0 Å². The quantitative estimate of drug-likeness (QED) is 0.591. The van der Waals surface area contributed by atoms with Gasteiger partial charge in [0, 0.05) is 6.61 Å². The number of ether oxygens (including phenoxy) is 2. The first-order valence-corrected chi connectivity index (χ1v) is 8.35. The molecule has 3 nitrogen and oxygen atoms in total. The number of rotatable bonds is 9. The van der Waals surface area contributed by atoms with E-state index in [9.17, 15) is 4.79 Å². The van der Waals surface area contributed by atoms with Crippen molar-refractivity contribution < 1.29 is 14.3 Å². The van der Waals surface area contributed by atoms with Crippen molar-refractivity contribution in [2.75, 3.05) is 13.2 Å². The Morgan fingerprint density at radius 3 is 2.65 bits per heavy atom. The van der Waals surface area contributed by atoms with Crippen molar-refractivity contribution in [2.24, 2.45) is 11.3 Å². The smallest absolute Gasteiger partial charge is 0.314 e. The van der Waals surface area contributed by atoms with Gasteiger partial charge in [-0.1, -0.05) is 40.5 Å². The van der Waals surface area contributed by atoms with Crippen LogP contribution in [0.5, 0.6) is 0 Å². The predicted molar refractivity (Wildman–Crippen MR) is 81.6 cm³/mol. The molecule has 0 aromatic heterocycles. The molecule has 0 N–H and O–H groups in total. The molecule has 0 aromatic carbocycles. The largest absolute Gasteiger partial charge is 0.465 e. The second-order valence-electron chi connectivity index (χ2n) is 6.50. The highest BCUT2D eigenvalue weighted by molar-refractivity contribution is 5.78. The van der Waals surface area contributed by atoms with E-state index in [1.165, 1.54) is 0 Å². The summed E-state index contributed by atoms with van der Waals surface area (Å²) in [6, 6.07) is 0. The number of hydrogen-bond donors (Lipinski definition) is 0. The molecular weight excluding hydrogens is 252 g/mol. The first-order valence-electron chi connectivity index (χ1n) is 8.35. The van der Waals surface area contributed by atoms with Crippen LogP contribution in [0.2, 0.25) is 0 Å². The molecule has 0 aromatic rings. The third-order valence-corrected chi connectivity index (χ3v) is 4.16. The van der Waals surface area contributed by atoms with Crippen molar-refractivity contribution in [3.63, 3.8) is 0 Å². The van der Waals surface area contributed by atoms with E-state index < -0.39 is 0 Å². The molecule has 20 heavy (non-hydrogen) atoms. The lowest BCUT2D eigenvalue weighted by Crippen LogP contribution is -2.42. The fourth-order valence-corrected chi connectivity index (χ4v) is 3.04. The zero-order chi connectivity index (χ0) is 15.0. The molecule has 0 radical (unpaired) electrons. The molecule has 1 fully saturated rings. The minimum Gasteiger partial charge on any atom is -0.465 e. The van der Waals surface area contributed by atoms with Crippen LogP contribution in [0, 0.1) is 11.3 Å². The van der Waals surface area contributed by atoms with Crippen molar-refractivity contribution >= 4 is 5.97 Å². The summed E-state index contributed by atoms with van der Waals surface area (Å²) < 4.78 is 11.6. The minimum absolute atomic E-state index is 0.0155. The molecule has 0 amide bonds. The van der Waals surface area contributed by atoms with Gasteiger partial charge in [0.1, 0.15) is 0 Å². The molecule has 0 aliphatic heterocycles. The molecule has 3 heteroatoms. The molecule has 1 aliphatic carbocycles. The van der Waals surface area contributed by atoms with Gasteiger partial charge < -0.3 is 9.47 Å². The van der Waals surface area contributed by atoms with Gasteiger partial charge in [0.2, 0.25) is 0 Å². The molecule has 118 valence electrons. The van der Waals surface area contributed by atoms with Gasteiger partial charge in [-0.05, 0) is 38.0 Å². The maximum atomic E-state index is 12.6. The Balaban J connectivity index is 2.75. The van der Waals surface area contributed by atoms with E-state index in [1.54, 1.807) is 0 Å². The third kappa shape index (κ3) is 4.47. The van der Waals surface area contributed by atoms with Crippen LogP contribution in [0.25, 0.3) is 0 Å². The molecule has 0 saturated heterocycles. The van der Waals surface area contributed by atoms with Crippen molar-refractivity contribution in [1.29, 1.82) is 0 Å². The van der Waals surface area contributed by atoms with Gasteiger partial charge in [0.05, 0.1) is 18.1 Å². The van der Waals surface area contributed by atoms with Crippen LogP contribution in [0.4, 0.5) is 0 Å². The average Bonchev–Trinajstić information content (AvgIpc) is 2.84. The van der Waals surface area contributed by atoms with Crippen molar-refractivity contribution in [1.82, 2.24) is 0 Å². The third-order valence-electron chi connectivity index (χ3n) is 4.16. The maximum Gasteiger partial charge on any atom is 0.314 e. The summed E-state index contributed by atoms with van der Waals surface area (Å²) in [5, 5.41) is 0. The highest BCUT2D eigenvalue weighted by Gasteiger charge is 2.50. The van der Waals surface area contributed by atoms with Gasteiger partial charge in [-0.25, -0.2) is 0 Å². The fraction of sp³-hybridized carbons (Fsp3) is 0.941. The fourth-order valence-electron chi connectivity index (χ4n) is 3.04. The normalized spacial score (nSPS) is 26.1. The van der Waals surface area contributed by atoms with E-state index in [2.05, 4.69) is 27.7 Å². The number of esters is 1. The summed E-state index contributed by atoms with van der Waals surface area (Å²) in [4.78, 5) is 12.6. The van der Waals surface area contributed by atoms with Crippen molar-refractivity contribution in [3.8, 4) is 0 Å². The first kappa shape index (κ1) is 17.5. The van der Waals surface area contributed by atoms with E-state index in [1.807, 2.05) is 0 Å². The summed E-state index contributed by atoms with van der Waals surface area (Å²) in [5.41, 5.74) is -0.375. The molecule has 1 saturated carbocycles. The summed E-state index contributed by atoms with van der Waals surface area (Å²) in [6.45, 7) is 9.70. The van der Waals surface area contributed by atoms with E-state index >= 15 is 0 Å². The van der Waals surface area contributed by atoms with Crippen molar-refractivity contribution in [3.05, 3.63) is 0 Å². The Kier molecular flexibility index (Phi) is 7.57. The SMILES string of the molecule is CCCCC1(C(=O)OCC(C)C)CCCC1OCCC. The summed E-state index contributed by atoms with van der Waals surface area (Å²) in [7, 11) is 0. The lowest BCUT2D eigenvalue weighted by molar-refractivity contribution is -0.166. The molecule has 0 bridgehead atoms. The topological polar surface area (TPSA) is 35.5 Å². The monoisotopic (exact) mass is 284 g/mol. The predicted octanol–water partition coefficient (Wildman–Crippen LogP) is 4.34. The van der Waals surface area contributed by atoms with Crippen LogP contribution in [0.1, 0.15) is 72.6 Å². The Labute approximate surface area is 124 Å². The van der Waals surface area contributed by atoms with Gasteiger partial charge in [0.25, 0.3) is 0 Å². The van der Waals surface area contributed by atoms with Crippen molar-refractivity contribution in [2.45, 2.75) is 78.7 Å². The Bertz CT molecular complexity index is 288. The summed E-state index contributed by atoms with van der Waals surface area (Å²) in [5.74, 6) is 0.372. The van der Waals surface area contributed by atoms with Gasteiger partial charge in [-0.15, -0.1) is 0 Å². The standard InChI is InChI=1S/C17H32O3/c1-5-7-10-17(16(18)20-13-14(3)4)11-8-9-15(17)19-12-6-2/h14-15H,5-13H2,1-4H3. The van der Waals surface area contributed by atoms with E-state index in [0.29, 0.717) is 12.5 Å². The number of unbranched alkanes of at least 4 members (excludes halogenated alkanes) is 1. The summed E-state index contributed by atoms with van der Waals surface area (Å²) >= 11 is 0. The molecule has 2 atom stereocenters. The molecule has 0 heterocycles. The molecule has 1 aliphatic rings. The first-order chi connectivity index (χ1) is 9.56. The van der Waals surface area contributed by atoms with Crippen LogP contribution < -0.4 is 0 Å². The average molecular weight is 284 g/mol. The highest BCUT2D eigenvalue weighted by Crippen LogP contribution is 2.45. The van der Waals surface area contributed by atoms with Crippen LogP contribution in [-0.4, -0.2) is 25.3 Å². The lowest BCUT2D eigenvalue weighted by Gasteiger charge is -2.33. The number of hydrogen-bond acceptors (Lipinski definition) is 3. The highest BCUT2D eigenvalue weighted by atomic mass is 16.5. The van der Waals surface area contributed by atoms with E-state index in [-0.39, 0.29) is 17.5 Å².